The molecule has 11 heteroatoms. The van der Waals surface area contributed by atoms with E-state index in [1.165, 1.54) is 40.9 Å². The summed E-state index contributed by atoms with van der Waals surface area (Å²) in [6, 6.07) is 41.5. The van der Waals surface area contributed by atoms with Crippen LogP contribution in [-0.2, 0) is 23.6 Å². The van der Waals surface area contributed by atoms with Crippen LogP contribution in [0.25, 0.3) is 11.2 Å². The second kappa shape index (κ2) is 20.3. The molecule has 0 fully saturated rings. The first-order valence-electron chi connectivity index (χ1n) is 17.1. The molecule has 0 saturated carbocycles. The highest BCUT2D eigenvalue weighted by atomic mass is 35.5. The molecule has 2 heterocycles. The highest BCUT2D eigenvalue weighted by molar-refractivity contribution is 6.28. The number of nitrogens with zero attached hydrogens (tertiary/aromatic N) is 5. The van der Waals surface area contributed by atoms with E-state index in [9.17, 15) is 9.59 Å². The fraction of sp³-hybridized carbons (Fsp3) is 0.293. The Morgan fingerprint density at radius 1 is 0.615 bits per heavy atom. The molecule has 0 spiro atoms. The normalized spacial score (nSPS) is 11.1. The van der Waals surface area contributed by atoms with Crippen molar-refractivity contribution in [1.82, 2.24) is 28.9 Å². The lowest BCUT2D eigenvalue weighted by molar-refractivity contribution is 0.0686. The Kier molecular flexibility index (Phi) is 15.6. The van der Waals surface area contributed by atoms with Crippen LogP contribution in [0.3, 0.4) is 0 Å². The molecule has 52 heavy (non-hydrogen) atoms. The Hall–Kier alpha value is -4.84. The Morgan fingerprint density at radius 3 is 1.29 bits per heavy atom. The number of hydrogen-bond donors (Lipinski definition) is 1. The topological polar surface area (TPSA) is 97.6 Å². The number of benzene rings is 4. The highest BCUT2D eigenvalue weighted by Crippen LogP contribution is 2.26. The van der Waals surface area contributed by atoms with Gasteiger partial charge in [-0.15, -0.1) is 0 Å². The molecule has 0 saturated heterocycles. The average molecular weight is 725 g/mol. The molecule has 6 aromatic rings. The van der Waals surface area contributed by atoms with Crippen LogP contribution in [0.1, 0.15) is 34.5 Å². The molecule has 0 unspecified atom stereocenters. The summed E-state index contributed by atoms with van der Waals surface area (Å²) in [5.74, 6) is 0. The summed E-state index contributed by atoms with van der Waals surface area (Å²) in [7, 11) is 11.2. The van der Waals surface area contributed by atoms with Crippen LogP contribution in [-0.4, -0.2) is 83.4 Å². The summed E-state index contributed by atoms with van der Waals surface area (Å²) in [5.41, 5.74) is 4.45. The van der Waals surface area contributed by atoms with Gasteiger partial charge in [0.05, 0.1) is 13.2 Å². The lowest BCUT2D eigenvalue weighted by Gasteiger charge is -2.20. The van der Waals surface area contributed by atoms with Gasteiger partial charge >= 0.3 is 5.69 Å². The molecule has 0 aliphatic rings. The third-order valence-electron chi connectivity index (χ3n) is 8.12. The molecule has 0 atom stereocenters. The van der Waals surface area contributed by atoms with E-state index in [-0.39, 0.29) is 28.7 Å². The largest absolute Gasteiger partial charge is 0.367 e. The molecule has 0 radical (unpaired) electrons. The molecular weight excluding hydrogens is 676 g/mol. The van der Waals surface area contributed by atoms with E-state index in [0.29, 0.717) is 0 Å². The minimum absolute atomic E-state index is 0.0161. The lowest BCUT2D eigenvalue weighted by atomic mass is 10.0. The van der Waals surface area contributed by atoms with Crippen LogP contribution in [0.4, 0.5) is 0 Å². The Bertz CT molecular complexity index is 1860. The number of halogens is 1. The minimum Gasteiger partial charge on any atom is -0.367 e. The van der Waals surface area contributed by atoms with Crippen molar-refractivity contribution >= 4 is 22.8 Å². The molecule has 1 N–H and O–H groups in total. The molecule has 2 aromatic heterocycles. The number of fused-ring (bicyclic) bond motifs is 1. The Balaban J connectivity index is 0.000000177. The van der Waals surface area contributed by atoms with Gasteiger partial charge in [0.1, 0.15) is 12.2 Å². The third-order valence-corrected chi connectivity index (χ3v) is 8.30. The summed E-state index contributed by atoms with van der Waals surface area (Å²) in [4.78, 5) is 33.7. The number of imidazole rings is 1. The molecule has 4 aromatic carbocycles. The van der Waals surface area contributed by atoms with Gasteiger partial charge in [-0.2, -0.15) is 4.98 Å². The SMILES string of the molecule is CN(C)CCOC(c1ccccc1)c1ccccc1.CN(C)CCOC(c1ccccc1)c1ccccc1.Cn1c(=O)c2[nH]c(Cl)nc2n(C)c1=O. The van der Waals surface area contributed by atoms with Crippen molar-refractivity contribution in [2.24, 2.45) is 14.1 Å². The second-order valence-electron chi connectivity index (χ2n) is 12.7. The van der Waals surface area contributed by atoms with Gasteiger partial charge in [0, 0.05) is 27.2 Å². The number of aromatic amines is 1. The van der Waals surface area contributed by atoms with Crippen molar-refractivity contribution in [2.45, 2.75) is 12.2 Å². The predicted octanol–water partition coefficient (Wildman–Crippen LogP) is 6.32. The van der Waals surface area contributed by atoms with Crippen LogP contribution < -0.4 is 11.2 Å². The second-order valence-corrected chi connectivity index (χ2v) is 13.0. The average Bonchev–Trinajstić information content (AvgIpc) is 3.57. The molecule has 0 aliphatic heterocycles. The summed E-state index contributed by atoms with van der Waals surface area (Å²) in [5, 5.41) is 0.0956. The van der Waals surface area contributed by atoms with Crippen molar-refractivity contribution in [1.29, 1.82) is 0 Å². The van der Waals surface area contributed by atoms with E-state index < -0.39 is 11.2 Å². The zero-order chi connectivity index (χ0) is 37.5. The van der Waals surface area contributed by atoms with Crippen LogP contribution in [0.2, 0.25) is 5.28 Å². The van der Waals surface area contributed by atoms with Crippen LogP contribution in [0.5, 0.6) is 0 Å². The fourth-order valence-corrected chi connectivity index (χ4v) is 5.46. The van der Waals surface area contributed by atoms with E-state index in [0.717, 1.165) is 30.9 Å². The first kappa shape index (κ1) is 39.9. The number of likely N-dealkylation sites (N-methyl/N-ethyl adjacent to an activating group) is 2. The monoisotopic (exact) mass is 724 g/mol. The maximum Gasteiger partial charge on any atom is 0.332 e. The molecule has 274 valence electrons. The summed E-state index contributed by atoms with van der Waals surface area (Å²) in [6.45, 7) is 3.30. The van der Waals surface area contributed by atoms with Gasteiger partial charge in [0.2, 0.25) is 5.28 Å². The van der Waals surface area contributed by atoms with E-state index >= 15 is 0 Å². The maximum atomic E-state index is 11.5. The standard InChI is InChI=1S/2C17H21NO.C7H7ClN4O2/c2*1-18(2)13-14-19-17(15-9-5-3-6-10-15)16-11-7-4-8-12-16;1-11-4-3(9-6(8)10-4)5(13)12(2)7(11)14/h2*3-12,17H,13-14H2,1-2H3;1-2H3,(H,9,10). The van der Waals surface area contributed by atoms with Crippen LogP contribution >= 0.6 is 11.6 Å². The van der Waals surface area contributed by atoms with Gasteiger partial charge in [0.15, 0.2) is 11.2 Å². The van der Waals surface area contributed by atoms with Crippen LogP contribution in [0.15, 0.2) is 131 Å². The number of hydrogen-bond acceptors (Lipinski definition) is 7. The number of aromatic nitrogens is 4. The molecule has 6 rings (SSSR count). The van der Waals surface area contributed by atoms with Crippen molar-refractivity contribution in [3.05, 3.63) is 170 Å². The zero-order valence-corrected chi connectivity index (χ0v) is 31.5. The first-order chi connectivity index (χ1) is 25.1. The van der Waals surface area contributed by atoms with Crippen molar-refractivity contribution in [3.63, 3.8) is 0 Å². The smallest absolute Gasteiger partial charge is 0.332 e. The van der Waals surface area contributed by atoms with Crippen molar-refractivity contribution in [2.75, 3.05) is 54.5 Å². The summed E-state index contributed by atoms with van der Waals surface area (Å²) in [6.07, 6.45) is 0.0321. The van der Waals surface area contributed by atoms with E-state index in [1.54, 1.807) is 0 Å². The van der Waals surface area contributed by atoms with Crippen LogP contribution in [0, 0.1) is 0 Å². The fourth-order valence-electron chi connectivity index (χ4n) is 5.29. The predicted molar refractivity (Wildman–Crippen MR) is 210 cm³/mol. The molecule has 0 aliphatic carbocycles. The first-order valence-corrected chi connectivity index (χ1v) is 17.5. The van der Waals surface area contributed by atoms with Gasteiger partial charge < -0.3 is 24.3 Å². The molecule has 0 bridgehead atoms. The number of nitrogens with one attached hydrogen (secondary N) is 1. The van der Waals surface area contributed by atoms with Crippen molar-refractivity contribution in [3.8, 4) is 0 Å². The van der Waals surface area contributed by atoms with E-state index in [1.807, 2.05) is 24.3 Å². The number of rotatable bonds is 12. The number of ether oxygens (including phenoxy) is 2. The highest BCUT2D eigenvalue weighted by Gasteiger charge is 2.15. The molecule has 10 nitrogen and oxygen atoms in total. The summed E-state index contributed by atoms with van der Waals surface area (Å²) < 4.78 is 14.4. The van der Waals surface area contributed by atoms with Gasteiger partial charge in [-0.1, -0.05) is 121 Å². The Labute approximate surface area is 310 Å². The van der Waals surface area contributed by atoms with E-state index in [4.69, 9.17) is 21.1 Å². The van der Waals surface area contributed by atoms with Gasteiger partial charge in [-0.3, -0.25) is 13.9 Å². The third kappa shape index (κ3) is 11.6. The van der Waals surface area contributed by atoms with Gasteiger partial charge in [0.25, 0.3) is 5.56 Å². The number of aryl methyl sites for hydroxylation is 1. The maximum absolute atomic E-state index is 11.5. The van der Waals surface area contributed by atoms with Crippen molar-refractivity contribution < 1.29 is 9.47 Å². The minimum atomic E-state index is -0.428. The molecule has 0 amide bonds. The summed E-state index contributed by atoms with van der Waals surface area (Å²) >= 11 is 5.60. The quantitative estimate of drug-likeness (QED) is 0.148. The van der Waals surface area contributed by atoms with Gasteiger partial charge in [-0.25, -0.2) is 4.79 Å². The molecular formula is C41H49ClN6O4. The lowest BCUT2D eigenvalue weighted by Crippen LogP contribution is -2.36. The van der Waals surface area contributed by atoms with E-state index in [2.05, 4.69) is 145 Å². The number of H-pyrrole nitrogens is 1. The zero-order valence-electron chi connectivity index (χ0n) is 30.8. The van der Waals surface area contributed by atoms with Gasteiger partial charge in [-0.05, 0) is 62.0 Å². The Morgan fingerprint density at radius 2 is 0.962 bits per heavy atom.